The molecule has 0 saturated carbocycles. The molecule has 0 aliphatic rings. The standard InChI is InChI=1S/C31H32O7/c32-28(17-19-30(34)37-22-25-12-6-2-7-13-25)20-27(31(35)38-23-26-14-8-3-9-15-26)16-18-29(33)36-21-24-10-4-1-5-11-24/h1-15,27H,16-23H2. The number of ketones is 1. The van der Waals surface area contributed by atoms with Crippen molar-refractivity contribution in [2.75, 3.05) is 0 Å². The van der Waals surface area contributed by atoms with Crippen molar-refractivity contribution in [2.45, 2.75) is 51.9 Å². The topological polar surface area (TPSA) is 96.0 Å². The minimum atomic E-state index is -0.823. The Kier molecular flexibility index (Phi) is 11.7. The molecule has 7 nitrogen and oxygen atoms in total. The van der Waals surface area contributed by atoms with Crippen LogP contribution >= 0.6 is 0 Å². The van der Waals surface area contributed by atoms with Gasteiger partial charge >= 0.3 is 17.9 Å². The molecule has 0 bridgehead atoms. The molecule has 0 aliphatic heterocycles. The lowest BCUT2D eigenvalue weighted by Crippen LogP contribution is -2.23. The summed E-state index contributed by atoms with van der Waals surface area (Å²) in [6.45, 7) is 0.328. The second-order valence-electron chi connectivity index (χ2n) is 8.86. The summed E-state index contributed by atoms with van der Waals surface area (Å²) in [4.78, 5) is 49.8. The fourth-order valence-electron chi connectivity index (χ4n) is 3.68. The lowest BCUT2D eigenvalue weighted by atomic mass is 9.95. The molecule has 0 saturated heterocycles. The van der Waals surface area contributed by atoms with Gasteiger partial charge in [-0.15, -0.1) is 0 Å². The number of esters is 3. The molecule has 3 aromatic carbocycles. The number of carbonyl (C=O) groups excluding carboxylic acids is 4. The molecule has 0 N–H and O–H groups in total. The third-order valence-electron chi connectivity index (χ3n) is 5.82. The predicted octanol–water partition coefficient (Wildman–Crippen LogP) is 5.35. The normalized spacial score (nSPS) is 11.3. The summed E-state index contributed by atoms with van der Waals surface area (Å²) in [5.74, 6) is -2.62. The third-order valence-corrected chi connectivity index (χ3v) is 5.82. The van der Waals surface area contributed by atoms with E-state index in [-0.39, 0.29) is 57.7 Å². The van der Waals surface area contributed by atoms with Crippen LogP contribution in [-0.4, -0.2) is 23.7 Å². The summed E-state index contributed by atoms with van der Waals surface area (Å²) in [7, 11) is 0. The highest BCUT2D eigenvalue weighted by atomic mass is 16.5. The van der Waals surface area contributed by atoms with Crippen molar-refractivity contribution in [1.82, 2.24) is 0 Å². The molecule has 1 unspecified atom stereocenters. The van der Waals surface area contributed by atoms with Gasteiger partial charge in [-0.05, 0) is 23.1 Å². The molecule has 3 aromatic rings. The first-order chi connectivity index (χ1) is 18.5. The molecule has 1 atom stereocenters. The molecule has 0 spiro atoms. The number of benzene rings is 3. The summed E-state index contributed by atoms with van der Waals surface area (Å²) in [5.41, 5.74) is 2.52. The van der Waals surface area contributed by atoms with E-state index >= 15 is 0 Å². The zero-order valence-electron chi connectivity index (χ0n) is 21.3. The van der Waals surface area contributed by atoms with E-state index in [1.54, 1.807) is 0 Å². The molecule has 198 valence electrons. The van der Waals surface area contributed by atoms with Gasteiger partial charge in [0.1, 0.15) is 25.6 Å². The van der Waals surface area contributed by atoms with Gasteiger partial charge in [-0.25, -0.2) is 0 Å². The molecular formula is C31H32O7. The lowest BCUT2D eigenvalue weighted by molar-refractivity contribution is -0.153. The van der Waals surface area contributed by atoms with Crippen LogP contribution in [0.5, 0.6) is 0 Å². The Morgan fingerprint density at radius 3 is 1.42 bits per heavy atom. The Labute approximate surface area is 222 Å². The van der Waals surface area contributed by atoms with E-state index in [0.717, 1.165) is 16.7 Å². The predicted molar refractivity (Wildman–Crippen MR) is 140 cm³/mol. The SMILES string of the molecule is O=C(CCC(=O)OCc1ccccc1)CC(CCC(=O)OCc1ccccc1)C(=O)OCc1ccccc1. The maximum Gasteiger partial charge on any atom is 0.309 e. The largest absolute Gasteiger partial charge is 0.461 e. The van der Waals surface area contributed by atoms with Gasteiger partial charge in [-0.3, -0.25) is 19.2 Å². The van der Waals surface area contributed by atoms with Crippen LogP contribution in [0.25, 0.3) is 0 Å². The van der Waals surface area contributed by atoms with Crippen molar-refractivity contribution in [3.05, 3.63) is 108 Å². The van der Waals surface area contributed by atoms with E-state index in [9.17, 15) is 19.2 Å². The Hall–Kier alpha value is -4.26. The lowest BCUT2D eigenvalue weighted by Gasteiger charge is -2.15. The molecule has 38 heavy (non-hydrogen) atoms. The first-order valence-electron chi connectivity index (χ1n) is 12.6. The summed E-state index contributed by atoms with van der Waals surface area (Å²) < 4.78 is 15.9. The third kappa shape index (κ3) is 10.8. The van der Waals surface area contributed by atoms with E-state index in [2.05, 4.69) is 0 Å². The second-order valence-corrected chi connectivity index (χ2v) is 8.86. The van der Waals surface area contributed by atoms with Gasteiger partial charge < -0.3 is 14.2 Å². The van der Waals surface area contributed by atoms with Crippen LogP contribution in [0.4, 0.5) is 0 Å². The monoisotopic (exact) mass is 516 g/mol. The number of hydrogen-bond donors (Lipinski definition) is 0. The van der Waals surface area contributed by atoms with E-state index in [1.165, 1.54) is 0 Å². The van der Waals surface area contributed by atoms with Gasteiger partial charge in [0.15, 0.2) is 0 Å². The Bertz CT molecular complexity index is 1160. The molecule has 0 aromatic heterocycles. The van der Waals surface area contributed by atoms with Crippen LogP contribution in [0.2, 0.25) is 0 Å². The van der Waals surface area contributed by atoms with Gasteiger partial charge in [0.05, 0.1) is 12.3 Å². The number of Topliss-reactive ketones (excluding diaryl/α,β-unsaturated/α-hetero) is 1. The highest BCUT2D eigenvalue weighted by Gasteiger charge is 2.25. The zero-order chi connectivity index (χ0) is 27.0. The quantitative estimate of drug-likeness (QED) is 0.198. The minimum absolute atomic E-state index is 0.0374. The van der Waals surface area contributed by atoms with E-state index < -0.39 is 23.8 Å². The molecule has 3 rings (SSSR count). The number of hydrogen-bond acceptors (Lipinski definition) is 7. The zero-order valence-corrected chi connectivity index (χ0v) is 21.3. The van der Waals surface area contributed by atoms with Crippen molar-refractivity contribution >= 4 is 23.7 Å². The van der Waals surface area contributed by atoms with Gasteiger partial charge in [0.2, 0.25) is 0 Å². The number of ether oxygens (including phenoxy) is 3. The molecular weight excluding hydrogens is 484 g/mol. The van der Waals surface area contributed by atoms with E-state index in [4.69, 9.17) is 14.2 Å². The van der Waals surface area contributed by atoms with Gasteiger partial charge in [-0.1, -0.05) is 91.0 Å². The fraction of sp³-hybridized carbons (Fsp3) is 0.290. The smallest absolute Gasteiger partial charge is 0.309 e. The highest BCUT2D eigenvalue weighted by Crippen LogP contribution is 2.18. The van der Waals surface area contributed by atoms with Crippen LogP contribution < -0.4 is 0 Å². The fourth-order valence-corrected chi connectivity index (χ4v) is 3.68. The maximum absolute atomic E-state index is 12.8. The molecule has 0 aliphatic carbocycles. The first-order valence-corrected chi connectivity index (χ1v) is 12.6. The van der Waals surface area contributed by atoms with Gasteiger partial charge in [0.25, 0.3) is 0 Å². The first kappa shape index (κ1) is 28.3. The van der Waals surface area contributed by atoms with Crippen LogP contribution in [0.3, 0.4) is 0 Å². The average molecular weight is 517 g/mol. The average Bonchev–Trinajstić information content (AvgIpc) is 2.96. The number of rotatable bonds is 15. The maximum atomic E-state index is 12.8. The Balaban J connectivity index is 1.48. The number of carbonyl (C=O) groups is 4. The summed E-state index contributed by atoms with van der Waals surface area (Å²) >= 11 is 0. The van der Waals surface area contributed by atoms with Gasteiger partial charge in [0, 0.05) is 19.3 Å². The Morgan fingerprint density at radius 1 is 0.526 bits per heavy atom. The highest BCUT2D eigenvalue weighted by molar-refractivity contribution is 5.87. The van der Waals surface area contributed by atoms with E-state index in [0.29, 0.717) is 0 Å². The van der Waals surface area contributed by atoms with Crippen molar-refractivity contribution < 1.29 is 33.4 Å². The van der Waals surface area contributed by atoms with Crippen LogP contribution in [0, 0.1) is 5.92 Å². The molecule has 0 radical (unpaired) electrons. The van der Waals surface area contributed by atoms with Crippen LogP contribution in [0.15, 0.2) is 91.0 Å². The van der Waals surface area contributed by atoms with Crippen LogP contribution in [0.1, 0.15) is 48.8 Å². The summed E-state index contributed by atoms with van der Waals surface area (Å²) in [6.07, 6.45) is -0.216. The molecule has 7 heteroatoms. The summed E-state index contributed by atoms with van der Waals surface area (Å²) in [5, 5.41) is 0. The Morgan fingerprint density at radius 2 is 0.947 bits per heavy atom. The van der Waals surface area contributed by atoms with E-state index in [1.807, 2.05) is 91.0 Å². The van der Waals surface area contributed by atoms with Crippen molar-refractivity contribution in [3.8, 4) is 0 Å². The minimum Gasteiger partial charge on any atom is -0.461 e. The van der Waals surface area contributed by atoms with Crippen LogP contribution in [-0.2, 0) is 53.2 Å². The second kappa shape index (κ2) is 15.8. The van der Waals surface area contributed by atoms with Crippen molar-refractivity contribution in [2.24, 2.45) is 5.92 Å². The van der Waals surface area contributed by atoms with Crippen molar-refractivity contribution in [1.29, 1.82) is 0 Å². The van der Waals surface area contributed by atoms with Crippen molar-refractivity contribution in [3.63, 3.8) is 0 Å². The molecule has 0 amide bonds. The summed E-state index contributed by atoms with van der Waals surface area (Å²) in [6, 6.07) is 27.7. The van der Waals surface area contributed by atoms with Gasteiger partial charge in [-0.2, -0.15) is 0 Å². The molecule has 0 heterocycles. The molecule has 0 fully saturated rings.